The molecule has 0 saturated carbocycles. The molecule has 0 radical (unpaired) electrons. The summed E-state index contributed by atoms with van der Waals surface area (Å²) in [6.07, 6.45) is -1.66. The molecule has 11 heteroatoms. The highest BCUT2D eigenvalue weighted by Crippen LogP contribution is 2.39. The van der Waals surface area contributed by atoms with Crippen LogP contribution in [0.25, 0.3) is 0 Å². The summed E-state index contributed by atoms with van der Waals surface area (Å²) in [5, 5.41) is 38.7. The van der Waals surface area contributed by atoms with Crippen molar-refractivity contribution in [3.05, 3.63) is 52.6 Å². The Morgan fingerprint density at radius 3 is 2.31 bits per heavy atom. The summed E-state index contributed by atoms with van der Waals surface area (Å²) in [6.45, 7) is 1.66. The lowest BCUT2D eigenvalue weighted by atomic mass is 10.0. The van der Waals surface area contributed by atoms with Crippen molar-refractivity contribution in [3.63, 3.8) is 0 Å². The van der Waals surface area contributed by atoms with Crippen LogP contribution in [0.15, 0.2) is 35.4 Å². The predicted octanol–water partition coefficient (Wildman–Crippen LogP) is 0.706. The van der Waals surface area contributed by atoms with Crippen molar-refractivity contribution in [2.24, 2.45) is 5.73 Å². The molecule has 1 saturated heterocycles. The van der Waals surface area contributed by atoms with Gasteiger partial charge in [0.25, 0.3) is 0 Å². The summed E-state index contributed by atoms with van der Waals surface area (Å²) in [4.78, 5) is 32.4. The quantitative estimate of drug-likeness (QED) is 0.448. The molecule has 1 fully saturated rings. The summed E-state index contributed by atoms with van der Waals surface area (Å²) in [6, 6.07) is 13.1. The second-order valence-corrected chi connectivity index (χ2v) is 9.24. The van der Waals surface area contributed by atoms with Crippen molar-refractivity contribution in [2.45, 2.75) is 35.8 Å². The van der Waals surface area contributed by atoms with Gasteiger partial charge in [-0.25, -0.2) is 4.98 Å². The molecular weight excluding hydrogens is 468 g/mol. The number of carbonyl (C=O) groups is 2. The van der Waals surface area contributed by atoms with Gasteiger partial charge in [0.2, 0.25) is 11.8 Å². The zero-order valence-corrected chi connectivity index (χ0v) is 20.2. The van der Waals surface area contributed by atoms with E-state index in [2.05, 4.69) is 17.1 Å². The first-order chi connectivity index (χ1) is 16.7. The molecule has 1 aromatic carbocycles. The number of likely N-dealkylation sites (N-methyl/N-ethyl adjacent to an activating group) is 1. The van der Waals surface area contributed by atoms with E-state index in [1.165, 1.54) is 9.80 Å². The van der Waals surface area contributed by atoms with Crippen LogP contribution < -0.4 is 10.6 Å². The molecule has 0 spiro atoms. The fraction of sp³-hybridized carbons (Fsp3) is 0.375. The van der Waals surface area contributed by atoms with Crippen molar-refractivity contribution in [1.82, 2.24) is 9.88 Å². The van der Waals surface area contributed by atoms with Crippen LogP contribution in [-0.2, 0) is 16.0 Å². The van der Waals surface area contributed by atoms with E-state index in [9.17, 15) is 30.3 Å². The molecule has 1 aromatic heterocycles. The van der Waals surface area contributed by atoms with E-state index in [0.717, 1.165) is 11.8 Å². The van der Waals surface area contributed by atoms with E-state index in [-0.39, 0.29) is 47.5 Å². The monoisotopic (exact) mass is 494 g/mol. The zero-order valence-electron chi connectivity index (χ0n) is 19.4. The summed E-state index contributed by atoms with van der Waals surface area (Å²) < 4.78 is 0. The highest BCUT2D eigenvalue weighted by molar-refractivity contribution is 8.00. The Kier molecular flexibility index (Phi) is 8.30. The summed E-state index contributed by atoms with van der Waals surface area (Å²) >= 11 is 1.02. The maximum absolute atomic E-state index is 12.8. The number of pyridine rings is 1. The fourth-order valence-corrected chi connectivity index (χ4v) is 4.98. The number of rotatable bonds is 8. The molecule has 182 valence electrons. The number of β-amino-alcohol motifs (C(OH)–C–C–N with tert-alkyl or cyclic N) is 2. The molecule has 4 N–H and O–H groups in total. The van der Waals surface area contributed by atoms with Gasteiger partial charge < -0.3 is 25.7 Å². The van der Waals surface area contributed by atoms with Gasteiger partial charge in [-0.2, -0.15) is 10.5 Å². The minimum atomic E-state index is -1.01. The molecule has 2 amide bonds. The van der Waals surface area contributed by atoms with Crippen molar-refractivity contribution in [1.29, 1.82) is 10.5 Å². The summed E-state index contributed by atoms with van der Waals surface area (Å²) in [5.41, 5.74) is 7.13. The number of hydrogen-bond acceptors (Lipinski definition) is 9. The summed E-state index contributed by atoms with van der Waals surface area (Å²) in [7, 11) is 1.59. The maximum atomic E-state index is 12.8. The molecule has 1 unspecified atom stereocenters. The molecule has 3 atom stereocenters. The number of likely N-dealkylation sites (tertiary alicyclic amines) is 1. The average Bonchev–Trinajstić information content (AvgIpc) is 3.19. The Hall–Kier alpha value is -3.64. The third kappa shape index (κ3) is 5.54. The number of benzene rings is 1. The minimum Gasteiger partial charge on any atom is -0.388 e. The number of nitrogens with zero attached hydrogens (tertiary/aromatic N) is 5. The maximum Gasteiger partial charge on any atom is 0.242 e. The van der Waals surface area contributed by atoms with Crippen LogP contribution in [0.4, 0.5) is 5.82 Å². The zero-order chi connectivity index (χ0) is 25.7. The van der Waals surface area contributed by atoms with E-state index < -0.39 is 23.4 Å². The number of nitriles is 2. The Morgan fingerprint density at radius 2 is 1.80 bits per heavy atom. The van der Waals surface area contributed by atoms with Crippen LogP contribution in [0.1, 0.15) is 34.4 Å². The number of amides is 2. The molecule has 0 aliphatic carbocycles. The molecule has 35 heavy (non-hydrogen) atoms. The van der Waals surface area contributed by atoms with Gasteiger partial charge in [0.15, 0.2) is 0 Å². The van der Waals surface area contributed by atoms with Crippen molar-refractivity contribution >= 4 is 29.4 Å². The Morgan fingerprint density at radius 1 is 1.20 bits per heavy atom. The van der Waals surface area contributed by atoms with Crippen molar-refractivity contribution < 1.29 is 19.8 Å². The van der Waals surface area contributed by atoms with Crippen molar-refractivity contribution in [2.75, 3.05) is 31.6 Å². The number of primary amides is 1. The van der Waals surface area contributed by atoms with E-state index in [1.807, 2.05) is 6.07 Å². The largest absolute Gasteiger partial charge is 0.388 e. The fourth-order valence-electron chi connectivity index (χ4n) is 3.93. The number of hydrogen-bond donors (Lipinski definition) is 3. The molecule has 2 heterocycles. The van der Waals surface area contributed by atoms with Crippen LogP contribution >= 0.6 is 11.8 Å². The van der Waals surface area contributed by atoms with Gasteiger partial charge >= 0.3 is 0 Å². The van der Waals surface area contributed by atoms with Crippen LogP contribution in [0, 0.1) is 22.7 Å². The van der Waals surface area contributed by atoms with E-state index in [4.69, 9.17) is 5.73 Å². The van der Waals surface area contributed by atoms with Gasteiger partial charge in [0.05, 0.1) is 29.9 Å². The number of carbonyl (C=O) groups excluding carboxylic acids is 2. The van der Waals surface area contributed by atoms with Gasteiger partial charge in [-0.1, -0.05) is 49.0 Å². The first-order valence-corrected chi connectivity index (χ1v) is 11.8. The van der Waals surface area contributed by atoms with Gasteiger partial charge in [0, 0.05) is 20.1 Å². The van der Waals surface area contributed by atoms with Crippen LogP contribution in [0.5, 0.6) is 0 Å². The topological polar surface area (TPSA) is 168 Å². The first kappa shape index (κ1) is 26.0. The molecular formula is C24H26N6O4S. The molecule has 1 aliphatic rings. The van der Waals surface area contributed by atoms with Crippen LogP contribution in [0.3, 0.4) is 0 Å². The van der Waals surface area contributed by atoms with E-state index in [1.54, 1.807) is 38.2 Å². The van der Waals surface area contributed by atoms with Crippen molar-refractivity contribution in [3.8, 4) is 12.1 Å². The number of aliphatic hydroxyl groups is 2. The third-order valence-corrected chi connectivity index (χ3v) is 7.02. The number of aromatic nitrogens is 1. The molecule has 0 bridgehead atoms. The number of nitrogens with two attached hydrogens (primary N) is 1. The second-order valence-electron chi connectivity index (χ2n) is 8.15. The smallest absolute Gasteiger partial charge is 0.242 e. The highest BCUT2D eigenvalue weighted by atomic mass is 32.2. The normalized spacial score (nSPS) is 17.9. The van der Waals surface area contributed by atoms with E-state index in [0.29, 0.717) is 17.5 Å². The first-order valence-electron chi connectivity index (χ1n) is 10.9. The lowest BCUT2D eigenvalue weighted by Crippen LogP contribution is -2.39. The molecule has 3 rings (SSSR count). The lowest BCUT2D eigenvalue weighted by molar-refractivity contribution is -0.129. The predicted molar refractivity (Wildman–Crippen MR) is 129 cm³/mol. The van der Waals surface area contributed by atoms with Gasteiger partial charge in [-0.05, 0) is 17.5 Å². The highest BCUT2D eigenvalue weighted by Gasteiger charge is 2.33. The Labute approximate surface area is 207 Å². The molecule has 10 nitrogen and oxygen atoms in total. The SMILES string of the molecule is CCc1c(C#N)c(SC(C(N)=O)c2ccccc2)nc(N(C)CC(=O)N2C[C@@H](O)[C@@H](O)C2)c1C#N. The average molecular weight is 495 g/mol. The Bertz CT molecular complexity index is 1180. The van der Waals surface area contributed by atoms with Gasteiger partial charge in [-0.15, -0.1) is 0 Å². The van der Waals surface area contributed by atoms with Crippen LogP contribution in [-0.4, -0.2) is 70.8 Å². The molecule has 1 aliphatic heterocycles. The van der Waals surface area contributed by atoms with Gasteiger partial charge in [0.1, 0.15) is 28.2 Å². The number of thioether (sulfide) groups is 1. The number of aliphatic hydroxyl groups excluding tert-OH is 2. The minimum absolute atomic E-state index is 0.0123. The van der Waals surface area contributed by atoms with Gasteiger partial charge in [-0.3, -0.25) is 9.59 Å². The lowest BCUT2D eigenvalue weighted by Gasteiger charge is -2.25. The standard InChI is InChI=1S/C24H26N6O4S/c1-3-15-16(9-25)23(29(2)13-20(33)30-11-18(31)19(32)12-30)28-24(17(15)10-26)35-21(22(27)34)14-7-5-4-6-8-14/h4-8,18-19,21,31-32H,3,11-13H2,1-2H3,(H2,27,34)/t18-,19+,21?. The second kappa shape index (κ2) is 11.2. The molecule has 2 aromatic rings. The van der Waals surface area contributed by atoms with Crippen LogP contribution in [0.2, 0.25) is 0 Å². The van der Waals surface area contributed by atoms with E-state index >= 15 is 0 Å². The third-order valence-electron chi connectivity index (χ3n) is 5.76. The number of anilines is 1. The Balaban J connectivity index is 2.01. The summed E-state index contributed by atoms with van der Waals surface area (Å²) in [5.74, 6) is -0.772.